The van der Waals surface area contributed by atoms with Crippen LogP contribution in [0.15, 0.2) is 21.7 Å². The Kier molecular flexibility index (Phi) is 7.67. The van der Waals surface area contributed by atoms with Crippen LogP contribution in [-0.4, -0.2) is 48.8 Å². The minimum atomic E-state index is 0. The van der Waals surface area contributed by atoms with E-state index in [0.29, 0.717) is 0 Å². The molecule has 1 aliphatic heterocycles. The molecule has 0 aliphatic carbocycles. The van der Waals surface area contributed by atoms with Crippen molar-refractivity contribution in [3.8, 4) is 0 Å². The molecule has 2 heterocycles. The van der Waals surface area contributed by atoms with Gasteiger partial charge in [-0.25, -0.2) is 0 Å². The molecule has 7 heteroatoms. The maximum absolute atomic E-state index is 5.29. The molecule has 5 nitrogen and oxygen atoms in total. The molecule has 0 aromatic carbocycles. The zero-order valence-corrected chi connectivity index (χ0v) is 17.6. The third kappa shape index (κ3) is 5.13. The van der Waals surface area contributed by atoms with Gasteiger partial charge in [0.25, 0.3) is 0 Å². The summed E-state index contributed by atoms with van der Waals surface area (Å²) in [6.45, 7) is 8.42. The van der Waals surface area contributed by atoms with E-state index < -0.39 is 0 Å². The summed E-state index contributed by atoms with van der Waals surface area (Å²) < 4.78 is 8.53. The molecule has 0 unspecified atom stereocenters. The van der Waals surface area contributed by atoms with Crippen molar-refractivity contribution in [3.05, 3.63) is 22.4 Å². The van der Waals surface area contributed by atoms with Gasteiger partial charge in [0.15, 0.2) is 5.96 Å². The molecule has 2 rings (SSSR count). The van der Waals surface area contributed by atoms with E-state index >= 15 is 0 Å². The maximum atomic E-state index is 5.29. The smallest absolute Gasteiger partial charge is 0.194 e. The van der Waals surface area contributed by atoms with Crippen LogP contribution in [0.3, 0.4) is 0 Å². The highest BCUT2D eigenvalue weighted by Gasteiger charge is 2.33. The molecule has 126 valence electrons. The number of hydrogen-bond acceptors (Lipinski definition) is 2. The first-order valence-corrected chi connectivity index (χ1v) is 8.11. The van der Waals surface area contributed by atoms with Gasteiger partial charge < -0.3 is 19.5 Å². The fourth-order valence-corrected chi connectivity index (χ4v) is 2.89. The highest BCUT2D eigenvalue weighted by Crippen LogP contribution is 2.26. The third-order valence-corrected chi connectivity index (χ3v) is 4.12. The van der Waals surface area contributed by atoms with Crippen molar-refractivity contribution < 1.29 is 4.74 Å². The number of guanidine groups is 1. The van der Waals surface area contributed by atoms with Crippen molar-refractivity contribution in [1.29, 1.82) is 0 Å². The Morgan fingerprint density at radius 2 is 2.23 bits per heavy atom. The van der Waals surface area contributed by atoms with Crippen LogP contribution in [0, 0.1) is 5.41 Å². The van der Waals surface area contributed by atoms with Crippen LogP contribution in [0.5, 0.6) is 0 Å². The van der Waals surface area contributed by atoms with Gasteiger partial charge in [-0.2, -0.15) is 0 Å². The van der Waals surface area contributed by atoms with Crippen molar-refractivity contribution in [2.45, 2.75) is 20.4 Å². The lowest BCUT2D eigenvalue weighted by molar-refractivity contribution is -0.0946. The summed E-state index contributed by atoms with van der Waals surface area (Å²) in [6, 6.07) is 2.14. The largest absolute Gasteiger partial charge is 0.380 e. The minimum absolute atomic E-state index is 0. The number of rotatable bonds is 5. The number of nitrogens with one attached hydrogen (secondary N) is 1. The summed E-state index contributed by atoms with van der Waals surface area (Å²) in [4.78, 5) is 6.93. The fraction of sp³-hybridized carbons (Fsp3) is 0.667. The van der Waals surface area contributed by atoms with Crippen LogP contribution in [0.4, 0.5) is 0 Å². The first kappa shape index (κ1) is 19.8. The highest BCUT2D eigenvalue weighted by atomic mass is 127. The van der Waals surface area contributed by atoms with Gasteiger partial charge >= 0.3 is 0 Å². The van der Waals surface area contributed by atoms with Crippen LogP contribution >= 0.6 is 39.9 Å². The van der Waals surface area contributed by atoms with E-state index in [2.05, 4.69) is 70.9 Å². The van der Waals surface area contributed by atoms with Crippen LogP contribution in [-0.2, 0) is 18.3 Å². The Balaban J connectivity index is 0.00000242. The molecule has 1 aromatic heterocycles. The second-order valence-corrected chi connectivity index (χ2v) is 7.01. The van der Waals surface area contributed by atoms with Crippen LogP contribution in [0.2, 0.25) is 0 Å². The van der Waals surface area contributed by atoms with Crippen molar-refractivity contribution >= 4 is 45.9 Å². The topological polar surface area (TPSA) is 41.8 Å². The summed E-state index contributed by atoms with van der Waals surface area (Å²) in [7, 11) is 4.13. The number of aliphatic imine (C=N–C) groups is 1. The Morgan fingerprint density at radius 1 is 1.55 bits per heavy atom. The molecule has 0 bridgehead atoms. The predicted molar refractivity (Wildman–Crippen MR) is 105 cm³/mol. The van der Waals surface area contributed by atoms with Gasteiger partial charge in [-0.05, 0) is 28.9 Å². The van der Waals surface area contributed by atoms with E-state index in [0.717, 1.165) is 43.3 Å². The molecular weight excluding hydrogens is 459 g/mol. The van der Waals surface area contributed by atoms with Gasteiger partial charge in [0, 0.05) is 42.4 Å². The summed E-state index contributed by atoms with van der Waals surface area (Å²) in [5.74, 6) is 0.947. The van der Waals surface area contributed by atoms with Gasteiger partial charge in [0.1, 0.15) is 0 Å². The molecule has 0 spiro atoms. The standard InChI is InChI=1S/C15H25BrN4O.HI/c1-5-17-14(18-9-15(2)10-21-11-15)20(4)8-13-6-12(16)7-19(13)3;/h6-7H,5,8-11H2,1-4H3,(H,17,18);1H. The molecule has 1 aromatic rings. The summed E-state index contributed by atoms with van der Waals surface area (Å²) in [5, 5.41) is 3.36. The van der Waals surface area contributed by atoms with Gasteiger partial charge in [-0.15, -0.1) is 24.0 Å². The average molecular weight is 485 g/mol. The lowest BCUT2D eigenvalue weighted by Gasteiger charge is -2.37. The summed E-state index contributed by atoms with van der Waals surface area (Å²) in [5.41, 5.74) is 1.45. The number of aryl methyl sites for hydroxylation is 1. The monoisotopic (exact) mass is 484 g/mol. The Bertz CT molecular complexity index is 514. The first-order valence-electron chi connectivity index (χ1n) is 7.31. The number of nitrogens with zero attached hydrogens (tertiary/aromatic N) is 3. The zero-order chi connectivity index (χ0) is 15.5. The zero-order valence-electron chi connectivity index (χ0n) is 13.7. The lowest BCUT2D eigenvalue weighted by Crippen LogP contribution is -2.44. The van der Waals surface area contributed by atoms with E-state index in [1.807, 2.05) is 0 Å². The molecule has 1 fully saturated rings. The van der Waals surface area contributed by atoms with E-state index in [9.17, 15) is 0 Å². The molecular formula is C15H26BrIN4O. The normalized spacial score (nSPS) is 16.7. The van der Waals surface area contributed by atoms with Crippen molar-refractivity contribution in [1.82, 2.24) is 14.8 Å². The summed E-state index contributed by atoms with van der Waals surface area (Å²) in [6.07, 6.45) is 2.07. The predicted octanol–water partition coefficient (Wildman–Crippen LogP) is 2.84. The Morgan fingerprint density at radius 3 is 2.68 bits per heavy atom. The van der Waals surface area contributed by atoms with Crippen LogP contribution < -0.4 is 5.32 Å². The van der Waals surface area contributed by atoms with Gasteiger partial charge in [0.2, 0.25) is 0 Å². The first-order chi connectivity index (χ1) is 9.93. The third-order valence-electron chi connectivity index (χ3n) is 3.68. The quantitative estimate of drug-likeness (QED) is 0.397. The van der Waals surface area contributed by atoms with E-state index in [1.54, 1.807) is 0 Å². The van der Waals surface area contributed by atoms with Crippen molar-refractivity contribution in [2.24, 2.45) is 17.5 Å². The molecule has 0 saturated carbocycles. The average Bonchev–Trinajstić information content (AvgIpc) is 2.70. The molecule has 1 saturated heterocycles. The SMILES string of the molecule is CCNC(=NCC1(C)COC1)N(C)Cc1cc(Br)cn1C.I. The van der Waals surface area contributed by atoms with Crippen molar-refractivity contribution in [3.63, 3.8) is 0 Å². The molecule has 1 N–H and O–H groups in total. The molecule has 0 amide bonds. The fourth-order valence-electron chi connectivity index (χ4n) is 2.32. The van der Waals surface area contributed by atoms with E-state index in [4.69, 9.17) is 9.73 Å². The maximum Gasteiger partial charge on any atom is 0.194 e. The summed E-state index contributed by atoms with van der Waals surface area (Å²) >= 11 is 3.52. The second-order valence-electron chi connectivity index (χ2n) is 6.09. The molecule has 0 atom stereocenters. The minimum Gasteiger partial charge on any atom is -0.380 e. The van der Waals surface area contributed by atoms with Gasteiger partial charge in [-0.3, -0.25) is 4.99 Å². The second kappa shape index (κ2) is 8.54. The Labute approximate surface area is 158 Å². The van der Waals surface area contributed by atoms with E-state index in [1.165, 1.54) is 5.69 Å². The Hall–Kier alpha value is -0.280. The molecule has 22 heavy (non-hydrogen) atoms. The van der Waals surface area contributed by atoms with Crippen LogP contribution in [0.1, 0.15) is 19.5 Å². The van der Waals surface area contributed by atoms with Crippen molar-refractivity contribution in [2.75, 3.05) is 33.4 Å². The van der Waals surface area contributed by atoms with E-state index in [-0.39, 0.29) is 29.4 Å². The number of halogens is 2. The van der Waals surface area contributed by atoms with Crippen LogP contribution in [0.25, 0.3) is 0 Å². The molecule has 0 radical (unpaired) electrons. The highest BCUT2D eigenvalue weighted by molar-refractivity contribution is 14.0. The van der Waals surface area contributed by atoms with Gasteiger partial charge in [-0.1, -0.05) is 6.92 Å². The lowest BCUT2D eigenvalue weighted by atomic mass is 9.89. The number of ether oxygens (including phenoxy) is 1. The molecule has 1 aliphatic rings. The van der Waals surface area contributed by atoms with Gasteiger partial charge in [0.05, 0.1) is 26.3 Å². The number of aromatic nitrogens is 1. The number of hydrogen-bond donors (Lipinski definition) is 1.